The molecule has 1 saturated carbocycles. The molecule has 0 spiro atoms. The Kier molecular flexibility index (Phi) is 6.81. The van der Waals surface area contributed by atoms with Crippen molar-refractivity contribution in [1.29, 1.82) is 0 Å². The van der Waals surface area contributed by atoms with Gasteiger partial charge in [-0.1, -0.05) is 26.7 Å². The lowest BCUT2D eigenvalue weighted by Gasteiger charge is -2.34. The molecule has 36 heavy (non-hydrogen) atoms. The number of hydrogen-bond donors (Lipinski definition) is 3. The van der Waals surface area contributed by atoms with Crippen LogP contribution in [0.15, 0.2) is 30.6 Å². The molecule has 2 aromatic rings. The van der Waals surface area contributed by atoms with Crippen molar-refractivity contribution in [2.75, 3.05) is 13.6 Å². The standard InChI is InChI=1S/C28H38FN5O2/c1-16(2)25(32-27(35)17(3)30-4)28(36)33-12-11-24-26(33)22(15-34(24)19-7-5-6-8-19)21-14-31-23-13-18(29)9-10-20(21)23/h9-10,13-17,19,24-26,30-31H,5-8,11-12H2,1-4H3,(H,32,35). The number of amides is 2. The van der Waals surface area contributed by atoms with E-state index in [1.54, 1.807) is 14.0 Å². The lowest BCUT2D eigenvalue weighted by atomic mass is 9.95. The normalized spacial score (nSPS) is 23.9. The molecule has 1 aromatic carbocycles. The van der Waals surface area contributed by atoms with Crippen LogP contribution in [0.1, 0.15) is 58.4 Å². The predicted molar refractivity (Wildman–Crippen MR) is 140 cm³/mol. The van der Waals surface area contributed by atoms with Crippen LogP contribution >= 0.6 is 0 Å². The van der Waals surface area contributed by atoms with Gasteiger partial charge < -0.3 is 25.4 Å². The van der Waals surface area contributed by atoms with Crippen LogP contribution in [0, 0.1) is 11.7 Å². The highest BCUT2D eigenvalue weighted by atomic mass is 19.1. The quantitative estimate of drug-likeness (QED) is 0.548. The number of carbonyl (C=O) groups excluding carboxylic acids is 2. The van der Waals surface area contributed by atoms with E-state index >= 15 is 0 Å². The van der Waals surface area contributed by atoms with Crippen LogP contribution in [0.25, 0.3) is 16.5 Å². The lowest BCUT2D eigenvalue weighted by molar-refractivity contribution is -0.138. The van der Waals surface area contributed by atoms with E-state index < -0.39 is 6.04 Å². The number of H-pyrrole nitrogens is 1. The van der Waals surface area contributed by atoms with Gasteiger partial charge in [0.15, 0.2) is 0 Å². The zero-order valence-corrected chi connectivity index (χ0v) is 21.7. The maximum atomic E-state index is 14.0. The molecule has 7 nitrogen and oxygen atoms in total. The maximum absolute atomic E-state index is 14.0. The fraction of sp³-hybridized carbons (Fsp3) is 0.571. The van der Waals surface area contributed by atoms with Crippen molar-refractivity contribution >= 4 is 28.3 Å². The van der Waals surface area contributed by atoms with E-state index in [2.05, 4.69) is 26.7 Å². The van der Waals surface area contributed by atoms with E-state index in [1.165, 1.54) is 37.8 Å². The Bertz CT molecular complexity index is 1170. The molecule has 2 fully saturated rings. The summed E-state index contributed by atoms with van der Waals surface area (Å²) in [6.07, 6.45) is 9.93. The molecule has 194 valence electrons. The van der Waals surface area contributed by atoms with Crippen LogP contribution in [-0.4, -0.2) is 70.4 Å². The third-order valence-electron chi connectivity index (χ3n) is 8.40. The Morgan fingerprint density at radius 3 is 2.58 bits per heavy atom. The first-order chi connectivity index (χ1) is 17.3. The van der Waals surface area contributed by atoms with Gasteiger partial charge in [0.2, 0.25) is 11.8 Å². The second kappa shape index (κ2) is 9.88. The van der Waals surface area contributed by atoms with Gasteiger partial charge in [-0.3, -0.25) is 9.59 Å². The van der Waals surface area contributed by atoms with Crippen LogP contribution < -0.4 is 10.6 Å². The number of benzene rings is 1. The van der Waals surface area contributed by atoms with E-state index in [-0.39, 0.29) is 41.7 Å². The van der Waals surface area contributed by atoms with Gasteiger partial charge >= 0.3 is 0 Å². The van der Waals surface area contributed by atoms with Crippen molar-refractivity contribution in [3.05, 3.63) is 42.0 Å². The molecule has 2 amide bonds. The van der Waals surface area contributed by atoms with Gasteiger partial charge in [-0.25, -0.2) is 4.39 Å². The molecule has 8 heteroatoms. The highest BCUT2D eigenvalue weighted by Crippen LogP contribution is 2.44. The fourth-order valence-electron chi connectivity index (χ4n) is 6.29. The second-order valence-corrected chi connectivity index (χ2v) is 10.9. The molecule has 3 N–H and O–H groups in total. The van der Waals surface area contributed by atoms with Crippen LogP contribution in [0.3, 0.4) is 0 Å². The minimum atomic E-state index is -0.592. The molecule has 4 unspecified atom stereocenters. The molecule has 3 aliphatic rings. The number of halogens is 1. The van der Waals surface area contributed by atoms with Crippen molar-refractivity contribution < 1.29 is 14.0 Å². The highest BCUT2D eigenvalue weighted by molar-refractivity contribution is 5.97. The smallest absolute Gasteiger partial charge is 0.246 e. The number of nitrogens with one attached hydrogen (secondary N) is 3. The van der Waals surface area contributed by atoms with Gasteiger partial charge in [0.25, 0.3) is 0 Å². The Hall–Kier alpha value is -2.87. The van der Waals surface area contributed by atoms with E-state index in [0.717, 1.165) is 28.5 Å². The summed E-state index contributed by atoms with van der Waals surface area (Å²) >= 11 is 0. The minimum absolute atomic E-state index is 0.0285. The molecule has 5 rings (SSSR count). The largest absolute Gasteiger partial charge is 0.369 e. The average Bonchev–Trinajstić information content (AvgIpc) is 3.64. The Labute approximate surface area is 212 Å². The van der Waals surface area contributed by atoms with Gasteiger partial charge in [0.05, 0.1) is 18.1 Å². The summed E-state index contributed by atoms with van der Waals surface area (Å²) < 4.78 is 13.9. The van der Waals surface area contributed by atoms with E-state index in [0.29, 0.717) is 12.6 Å². The van der Waals surface area contributed by atoms with Crippen molar-refractivity contribution in [1.82, 2.24) is 25.4 Å². The zero-order chi connectivity index (χ0) is 25.6. The van der Waals surface area contributed by atoms with Gasteiger partial charge in [0.1, 0.15) is 11.9 Å². The van der Waals surface area contributed by atoms with Crippen molar-refractivity contribution in [3.8, 4) is 0 Å². The third kappa shape index (κ3) is 4.29. The fourth-order valence-corrected chi connectivity index (χ4v) is 6.29. The van der Waals surface area contributed by atoms with Crippen LogP contribution in [-0.2, 0) is 9.59 Å². The summed E-state index contributed by atoms with van der Waals surface area (Å²) in [5, 5.41) is 6.92. The summed E-state index contributed by atoms with van der Waals surface area (Å²) in [5.41, 5.74) is 2.88. The highest BCUT2D eigenvalue weighted by Gasteiger charge is 2.49. The van der Waals surface area contributed by atoms with E-state index in [9.17, 15) is 14.0 Å². The van der Waals surface area contributed by atoms with Gasteiger partial charge in [-0.05, 0) is 57.4 Å². The Morgan fingerprint density at radius 1 is 1.14 bits per heavy atom. The Morgan fingerprint density at radius 2 is 1.89 bits per heavy atom. The first-order valence-electron chi connectivity index (χ1n) is 13.3. The molecule has 0 bridgehead atoms. The third-order valence-corrected chi connectivity index (χ3v) is 8.40. The minimum Gasteiger partial charge on any atom is -0.369 e. The van der Waals surface area contributed by atoms with E-state index in [1.807, 2.05) is 31.0 Å². The number of nitrogens with zero attached hydrogens (tertiary/aromatic N) is 2. The number of likely N-dealkylation sites (N-methyl/N-ethyl adjacent to an activating group) is 1. The molecule has 2 aliphatic heterocycles. The summed E-state index contributed by atoms with van der Waals surface area (Å²) in [6.45, 7) is 6.41. The van der Waals surface area contributed by atoms with E-state index in [4.69, 9.17) is 0 Å². The molecule has 0 radical (unpaired) electrons. The molecule has 1 aliphatic carbocycles. The summed E-state index contributed by atoms with van der Waals surface area (Å²) in [5.74, 6) is -0.515. The topological polar surface area (TPSA) is 80.5 Å². The molecule has 1 saturated heterocycles. The first kappa shape index (κ1) is 24.8. The lowest BCUT2D eigenvalue weighted by Crippen LogP contribution is -2.56. The van der Waals surface area contributed by atoms with Gasteiger partial charge in [-0.2, -0.15) is 0 Å². The summed E-state index contributed by atoms with van der Waals surface area (Å²) in [7, 11) is 1.74. The van der Waals surface area contributed by atoms with Crippen LogP contribution in [0.5, 0.6) is 0 Å². The molecule has 4 atom stereocenters. The number of hydrogen-bond acceptors (Lipinski definition) is 4. The van der Waals surface area contributed by atoms with Gasteiger partial charge in [0, 0.05) is 47.0 Å². The van der Waals surface area contributed by atoms with Gasteiger partial charge in [-0.15, -0.1) is 0 Å². The average molecular weight is 496 g/mol. The summed E-state index contributed by atoms with van der Waals surface area (Å²) in [6, 6.07) is 4.48. The number of carbonyl (C=O) groups is 2. The summed E-state index contributed by atoms with van der Waals surface area (Å²) in [4.78, 5) is 34.4. The number of aromatic amines is 1. The van der Waals surface area contributed by atoms with Crippen molar-refractivity contribution in [3.63, 3.8) is 0 Å². The first-order valence-corrected chi connectivity index (χ1v) is 13.3. The Balaban J connectivity index is 1.50. The number of rotatable bonds is 7. The maximum Gasteiger partial charge on any atom is 0.246 e. The molecule has 3 heterocycles. The van der Waals surface area contributed by atoms with Crippen LogP contribution in [0.4, 0.5) is 4.39 Å². The monoisotopic (exact) mass is 495 g/mol. The number of fused-ring (bicyclic) bond motifs is 2. The SMILES string of the molecule is CNC(C)C(=O)NC(C(=O)N1CCC2C1C(c1c[nH]c3cc(F)ccc13)=CN2C1CCCC1)C(C)C. The zero-order valence-electron chi connectivity index (χ0n) is 21.7. The van der Waals surface area contributed by atoms with Crippen molar-refractivity contribution in [2.45, 2.75) is 83.1 Å². The number of aromatic nitrogens is 1. The van der Waals surface area contributed by atoms with Crippen molar-refractivity contribution in [2.24, 2.45) is 5.92 Å². The predicted octanol–water partition coefficient (Wildman–Crippen LogP) is 3.62. The number of likely N-dealkylation sites (tertiary alicyclic amines) is 1. The molecular weight excluding hydrogens is 457 g/mol. The molecular formula is C28H38FN5O2. The van der Waals surface area contributed by atoms with Crippen LogP contribution in [0.2, 0.25) is 0 Å². The second-order valence-electron chi connectivity index (χ2n) is 10.9. The molecule has 1 aromatic heterocycles.